The largest absolute Gasteiger partial charge is 0.323 e. The molecule has 0 spiro atoms. The lowest BCUT2D eigenvalue weighted by atomic mass is 10.1. The molecule has 0 unspecified atom stereocenters. The van der Waals surface area contributed by atoms with Gasteiger partial charge in [-0.2, -0.15) is 0 Å². The van der Waals surface area contributed by atoms with Gasteiger partial charge < -0.3 is 9.97 Å². The Bertz CT molecular complexity index is 1110. The van der Waals surface area contributed by atoms with Gasteiger partial charge in [0.25, 0.3) is 0 Å². The maximum absolute atomic E-state index is 12.7. The number of hydrogen-bond donors (Lipinski definition) is 3. The first kappa shape index (κ1) is 18.0. The van der Waals surface area contributed by atoms with Gasteiger partial charge in [0.05, 0.1) is 15.9 Å². The Morgan fingerprint density at radius 3 is 2.44 bits per heavy atom. The third-order valence-electron chi connectivity index (χ3n) is 4.96. The first-order chi connectivity index (χ1) is 13.0. The Balaban J connectivity index is 1.52. The molecule has 0 bridgehead atoms. The normalized spacial score (nSPS) is 15.6. The molecule has 1 aromatic heterocycles. The van der Waals surface area contributed by atoms with E-state index in [2.05, 4.69) is 25.7 Å². The molecule has 1 saturated heterocycles. The van der Waals surface area contributed by atoms with Crippen molar-refractivity contribution in [2.24, 2.45) is 0 Å². The fraction of sp³-hybridized carbons (Fsp3) is 0.316. The van der Waals surface area contributed by atoms with Crippen LogP contribution in [0.5, 0.6) is 0 Å². The molecule has 1 fully saturated rings. The highest BCUT2D eigenvalue weighted by Gasteiger charge is 2.17. The van der Waals surface area contributed by atoms with Crippen LogP contribution < -0.4 is 10.4 Å². The van der Waals surface area contributed by atoms with E-state index in [0.717, 1.165) is 30.8 Å². The monoisotopic (exact) mass is 386 g/mol. The Morgan fingerprint density at radius 1 is 0.963 bits per heavy atom. The molecule has 8 heteroatoms. The maximum atomic E-state index is 12.7. The van der Waals surface area contributed by atoms with Gasteiger partial charge in [0.2, 0.25) is 10.0 Å². The smallest absolute Gasteiger partial charge is 0.306 e. The fourth-order valence-electron chi connectivity index (χ4n) is 3.50. The van der Waals surface area contributed by atoms with Crippen LogP contribution >= 0.6 is 0 Å². The highest BCUT2D eigenvalue weighted by atomic mass is 32.2. The summed E-state index contributed by atoms with van der Waals surface area (Å²) < 4.78 is 28.1. The predicted molar refractivity (Wildman–Crippen MR) is 104 cm³/mol. The van der Waals surface area contributed by atoms with Gasteiger partial charge in [-0.05, 0) is 55.3 Å². The molecule has 0 amide bonds. The summed E-state index contributed by atoms with van der Waals surface area (Å²) >= 11 is 0. The highest BCUT2D eigenvalue weighted by Crippen LogP contribution is 2.18. The minimum absolute atomic E-state index is 0.127. The molecule has 142 valence electrons. The lowest BCUT2D eigenvalue weighted by Crippen LogP contribution is -2.25. The first-order valence-electron chi connectivity index (χ1n) is 9.02. The Morgan fingerprint density at radius 2 is 1.67 bits per heavy atom. The molecule has 1 aliphatic heterocycles. The SMILES string of the molecule is O=c1[nH]c2ccc(S(=O)(=O)NCc3ccccc3CN3CCCC3)cc2[nH]1. The quantitative estimate of drug-likeness (QED) is 0.603. The van der Waals surface area contributed by atoms with Crippen LogP contribution in [-0.4, -0.2) is 36.4 Å². The van der Waals surface area contributed by atoms with Gasteiger partial charge in [0.15, 0.2) is 0 Å². The van der Waals surface area contributed by atoms with Crippen LogP contribution in [0.2, 0.25) is 0 Å². The molecule has 27 heavy (non-hydrogen) atoms. The Labute approximate surface area is 157 Å². The predicted octanol–water partition coefficient (Wildman–Crippen LogP) is 1.93. The zero-order valence-corrected chi connectivity index (χ0v) is 15.7. The number of hydrogen-bond acceptors (Lipinski definition) is 4. The first-order valence-corrected chi connectivity index (χ1v) is 10.5. The number of nitrogens with one attached hydrogen (secondary N) is 3. The van der Waals surface area contributed by atoms with Gasteiger partial charge in [0, 0.05) is 13.1 Å². The van der Waals surface area contributed by atoms with Crippen molar-refractivity contribution in [2.45, 2.75) is 30.8 Å². The van der Waals surface area contributed by atoms with Crippen molar-refractivity contribution in [1.82, 2.24) is 19.6 Å². The molecule has 0 saturated carbocycles. The van der Waals surface area contributed by atoms with Crippen LogP contribution in [0, 0.1) is 0 Å². The van der Waals surface area contributed by atoms with Gasteiger partial charge >= 0.3 is 5.69 Å². The zero-order valence-electron chi connectivity index (χ0n) is 14.9. The molecule has 0 radical (unpaired) electrons. The van der Waals surface area contributed by atoms with Crippen molar-refractivity contribution < 1.29 is 8.42 Å². The molecule has 0 atom stereocenters. The molecule has 2 aromatic carbocycles. The van der Waals surface area contributed by atoms with E-state index < -0.39 is 10.0 Å². The van der Waals surface area contributed by atoms with E-state index in [9.17, 15) is 13.2 Å². The fourth-order valence-corrected chi connectivity index (χ4v) is 4.53. The molecule has 0 aliphatic carbocycles. The zero-order chi connectivity index (χ0) is 18.9. The summed E-state index contributed by atoms with van der Waals surface area (Å²) in [6.07, 6.45) is 2.44. The Kier molecular flexibility index (Phi) is 4.86. The summed E-state index contributed by atoms with van der Waals surface area (Å²) in [6, 6.07) is 12.5. The average molecular weight is 386 g/mol. The number of imidazole rings is 1. The summed E-state index contributed by atoms with van der Waals surface area (Å²) in [5, 5.41) is 0. The minimum atomic E-state index is -3.68. The molecule has 4 rings (SSSR count). The minimum Gasteiger partial charge on any atom is -0.306 e. The van der Waals surface area contributed by atoms with Crippen molar-refractivity contribution >= 4 is 21.1 Å². The lowest BCUT2D eigenvalue weighted by Gasteiger charge is -2.17. The summed E-state index contributed by atoms with van der Waals surface area (Å²) in [5.74, 6) is 0. The summed E-state index contributed by atoms with van der Waals surface area (Å²) in [7, 11) is -3.68. The number of sulfonamides is 1. The summed E-state index contributed by atoms with van der Waals surface area (Å²) in [5.41, 5.74) is 2.81. The van der Waals surface area contributed by atoms with E-state index in [1.54, 1.807) is 6.07 Å². The molecule has 3 aromatic rings. The molecular formula is C19H22N4O3S. The van der Waals surface area contributed by atoms with Crippen LogP contribution in [-0.2, 0) is 23.1 Å². The molecule has 2 heterocycles. The maximum Gasteiger partial charge on any atom is 0.323 e. The molecule has 3 N–H and O–H groups in total. The Hall–Kier alpha value is -2.42. The number of rotatable bonds is 6. The van der Waals surface area contributed by atoms with Crippen LogP contribution in [0.4, 0.5) is 0 Å². The number of nitrogens with zero attached hydrogens (tertiary/aromatic N) is 1. The van der Waals surface area contributed by atoms with E-state index in [-0.39, 0.29) is 17.1 Å². The standard InChI is InChI=1S/C19H22N4O3S/c24-19-21-17-8-7-16(11-18(17)22-19)27(25,26)20-12-14-5-1-2-6-15(14)13-23-9-3-4-10-23/h1-2,5-8,11,20H,3-4,9-10,12-13H2,(H2,21,22,24). The lowest BCUT2D eigenvalue weighted by molar-refractivity contribution is 0.330. The van der Waals surface area contributed by atoms with E-state index in [4.69, 9.17) is 0 Å². The van der Waals surface area contributed by atoms with Crippen molar-refractivity contribution in [3.63, 3.8) is 0 Å². The number of H-pyrrole nitrogens is 2. The van der Waals surface area contributed by atoms with E-state index in [0.29, 0.717) is 11.0 Å². The van der Waals surface area contributed by atoms with Gasteiger partial charge in [-0.15, -0.1) is 0 Å². The average Bonchev–Trinajstić information content (AvgIpc) is 3.28. The number of benzene rings is 2. The van der Waals surface area contributed by atoms with E-state index in [1.807, 2.05) is 18.2 Å². The number of fused-ring (bicyclic) bond motifs is 1. The van der Waals surface area contributed by atoms with E-state index >= 15 is 0 Å². The van der Waals surface area contributed by atoms with E-state index in [1.165, 1.54) is 25.0 Å². The summed E-state index contributed by atoms with van der Waals surface area (Å²) in [6.45, 7) is 3.26. The van der Waals surface area contributed by atoms with Crippen molar-refractivity contribution in [2.75, 3.05) is 13.1 Å². The highest BCUT2D eigenvalue weighted by molar-refractivity contribution is 7.89. The molecule has 1 aliphatic rings. The second-order valence-electron chi connectivity index (χ2n) is 6.86. The number of aromatic amines is 2. The number of aromatic nitrogens is 2. The van der Waals surface area contributed by atoms with Crippen LogP contribution in [0.15, 0.2) is 52.2 Å². The second-order valence-corrected chi connectivity index (χ2v) is 8.63. The third kappa shape index (κ3) is 3.97. The second kappa shape index (κ2) is 7.30. The molecule has 7 nitrogen and oxygen atoms in total. The van der Waals surface area contributed by atoms with Crippen LogP contribution in [0.1, 0.15) is 24.0 Å². The van der Waals surface area contributed by atoms with Crippen LogP contribution in [0.25, 0.3) is 11.0 Å². The number of likely N-dealkylation sites (tertiary alicyclic amines) is 1. The van der Waals surface area contributed by atoms with Gasteiger partial charge in [-0.3, -0.25) is 4.90 Å². The molecular weight excluding hydrogens is 364 g/mol. The summed E-state index contributed by atoms with van der Waals surface area (Å²) in [4.78, 5) is 19.1. The van der Waals surface area contributed by atoms with Crippen molar-refractivity contribution in [1.29, 1.82) is 0 Å². The van der Waals surface area contributed by atoms with Crippen molar-refractivity contribution in [3.05, 3.63) is 64.1 Å². The van der Waals surface area contributed by atoms with Gasteiger partial charge in [-0.25, -0.2) is 17.9 Å². The third-order valence-corrected chi connectivity index (χ3v) is 6.36. The van der Waals surface area contributed by atoms with Crippen LogP contribution in [0.3, 0.4) is 0 Å². The topological polar surface area (TPSA) is 98.1 Å². The van der Waals surface area contributed by atoms with Gasteiger partial charge in [0.1, 0.15) is 0 Å². The van der Waals surface area contributed by atoms with Gasteiger partial charge in [-0.1, -0.05) is 24.3 Å². The van der Waals surface area contributed by atoms with Crippen molar-refractivity contribution in [3.8, 4) is 0 Å².